The summed E-state index contributed by atoms with van der Waals surface area (Å²) in [5.41, 5.74) is -2.04. The molecule has 1 heterocycles. The van der Waals surface area contributed by atoms with Crippen LogP contribution in [0, 0.1) is 13.8 Å². The highest BCUT2D eigenvalue weighted by atomic mass is 19.4. The van der Waals surface area contributed by atoms with Crippen LogP contribution in [-0.2, 0) is 18.9 Å². The molecule has 0 aliphatic rings. The minimum atomic E-state index is -4.98. The van der Waals surface area contributed by atoms with Crippen LogP contribution in [0.3, 0.4) is 0 Å². The normalized spacial score (nSPS) is 12.2. The van der Waals surface area contributed by atoms with Crippen molar-refractivity contribution in [3.05, 3.63) is 64.0 Å². The molecule has 0 bridgehead atoms. The maximum Gasteiger partial charge on any atom is 0.416 e. The summed E-state index contributed by atoms with van der Waals surface area (Å²) in [4.78, 5) is 18.2. The molecule has 0 aliphatic heterocycles. The van der Waals surface area contributed by atoms with E-state index in [1.54, 1.807) is 19.9 Å². The highest BCUT2D eigenvalue weighted by Crippen LogP contribution is 2.36. The third-order valence-corrected chi connectivity index (χ3v) is 4.46. The molecule has 10 heteroatoms. The first-order valence-corrected chi connectivity index (χ1v) is 8.95. The first-order chi connectivity index (χ1) is 13.8. The summed E-state index contributed by atoms with van der Waals surface area (Å²) in [6.45, 7) is 2.39. The number of nitrogens with zero attached hydrogens (tertiary/aromatic N) is 2. The van der Waals surface area contributed by atoms with Crippen LogP contribution in [0.1, 0.15) is 44.7 Å². The number of carbonyl (C=O) groups excluding carboxylic acids is 1. The molecule has 2 rings (SSSR count). The number of benzene rings is 1. The summed E-state index contributed by atoms with van der Waals surface area (Å²) in [5, 5.41) is 9.10. The molecule has 0 atom stereocenters. The van der Waals surface area contributed by atoms with E-state index < -0.39 is 35.9 Å². The Morgan fingerprint density at radius 2 is 1.60 bits per heavy atom. The van der Waals surface area contributed by atoms with Crippen molar-refractivity contribution in [1.82, 2.24) is 9.88 Å². The number of rotatable bonds is 6. The van der Waals surface area contributed by atoms with Crippen LogP contribution < -0.4 is 0 Å². The number of aryl methyl sites for hydroxylation is 2. The van der Waals surface area contributed by atoms with Crippen LogP contribution in [0.4, 0.5) is 26.3 Å². The van der Waals surface area contributed by atoms with Gasteiger partial charge in [-0.15, -0.1) is 0 Å². The van der Waals surface area contributed by atoms with Crippen molar-refractivity contribution >= 4 is 5.91 Å². The predicted molar refractivity (Wildman–Crippen MR) is 96.6 cm³/mol. The van der Waals surface area contributed by atoms with Crippen molar-refractivity contribution in [3.63, 3.8) is 0 Å². The zero-order valence-corrected chi connectivity index (χ0v) is 16.2. The largest absolute Gasteiger partial charge is 0.416 e. The molecule has 1 N–H and O–H groups in total. The summed E-state index contributed by atoms with van der Waals surface area (Å²) in [7, 11) is 0. The summed E-state index contributed by atoms with van der Waals surface area (Å²) in [6, 6.07) is 2.81. The second-order valence-electron chi connectivity index (χ2n) is 6.81. The highest BCUT2D eigenvalue weighted by molar-refractivity contribution is 5.96. The predicted octanol–water partition coefficient (Wildman–Crippen LogP) is 4.76. The van der Waals surface area contributed by atoms with Crippen molar-refractivity contribution in [1.29, 1.82) is 0 Å². The minimum Gasteiger partial charge on any atom is -0.396 e. The molecule has 30 heavy (non-hydrogen) atoms. The zero-order chi connectivity index (χ0) is 22.7. The van der Waals surface area contributed by atoms with E-state index in [-0.39, 0.29) is 36.8 Å². The fourth-order valence-electron chi connectivity index (χ4n) is 3.02. The lowest BCUT2D eigenvalue weighted by Crippen LogP contribution is -2.33. The molecule has 1 amide bonds. The van der Waals surface area contributed by atoms with Crippen molar-refractivity contribution in [2.75, 3.05) is 13.2 Å². The molecule has 4 nitrogen and oxygen atoms in total. The van der Waals surface area contributed by atoms with E-state index in [2.05, 4.69) is 4.98 Å². The van der Waals surface area contributed by atoms with E-state index in [9.17, 15) is 31.1 Å². The van der Waals surface area contributed by atoms with Gasteiger partial charge in [-0.1, -0.05) is 0 Å². The molecule has 0 spiro atoms. The number of halogens is 6. The quantitative estimate of drug-likeness (QED) is 0.667. The molecule has 164 valence electrons. The van der Waals surface area contributed by atoms with Crippen LogP contribution in [0.25, 0.3) is 0 Å². The molecule has 0 fully saturated rings. The van der Waals surface area contributed by atoms with Gasteiger partial charge in [0.05, 0.1) is 22.4 Å². The summed E-state index contributed by atoms with van der Waals surface area (Å²) in [5.74, 6) is -0.586. The molecule has 1 aromatic carbocycles. The zero-order valence-electron chi connectivity index (χ0n) is 16.2. The van der Waals surface area contributed by atoms with Gasteiger partial charge in [0.1, 0.15) is 0 Å². The van der Waals surface area contributed by atoms with E-state index >= 15 is 0 Å². The van der Waals surface area contributed by atoms with Gasteiger partial charge in [-0.2, -0.15) is 26.3 Å². The number of hydrogen-bond donors (Lipinski definition) is 1. The lowest BCUT2D eigenvalue weighted by molar-refractivity contribution is -0.143. The Morgan fingerprint density at radius 1 is 1.03 bits per heavy atom. The summed E-state index contributed by atoms with van der Waals surface area (Å²) < 4.78 is 78.7. The lowest BCUT2D eigenvalue weighted by Gasteiger charge is -2.25. The van der Waals surface area contributed by atoms with Gasteiger partial charge in [-0.05, 0) is 55.7 Å². The summed E-state index contributed by atoms with van der Waals surface area (Å²) >= 11 is 0. The van der Waals surface area contributed by atoms with Gasteiger partial charge in [0.15, 0.2) is 0 Å². The summed E-state index contributed by atoms with van der Waals surface area (Å²) in [6.07, 6.45) is -8.37. The minimum absolute atomic E-state index is 0.0405. The second kappa shape index (κ2) is 9.03. The van der Waals surface area contributed by atoms with E-state index in [0.717, 1.165) is 4.90 Å². The first kappa shape index (κ1) is 23.7. The maximum absolute atomic E-state index is 13.1. The van der Waals surface area contributed by atoms with Gasteiger partial charge in [-0.3, -0.25) is 9.78 Å². The van der Waals surface area contributed by atoms with Gasteiger partial charge >= 0.3 is 12.4 Å². The van der Waals surface area contributed by atoms with Gasteiger partial charge < -0.3 is 10.0 Å². The fraction of sp³-hybridized carbons (Fsp3) is 0.400. The lowest BCUT2D eigenvalue weighted by atomic mass is 10.0. The van der Waals surface area contributed by atoms with E-state index in [4.69, 9.17) is 5.11 Å². The number of aliphatic hydroxyl groups is 1. The van der Waals surface area contributed by atoms with Gasteiger partial charge in [0.2, 0.25) is 0 Å². The second-order valence-corrected chi connectivity index (χ2v) is 6.81. The van der Waals surface area contributed by atoms with Crippen LogP contribution >= 0.6 is 0 Å². The molecule has 0 saturated carbocycles. The van der Waals surface area contributed by atoms with E-state index in [1.807, 2.05) is 0 Å². The Balaban J connectivity index is 2.49. The number of pyridine rings is 1. The van der Waals surface area contributed by atoms with Crippen LogP contribution in [0.15, 0.2) is 30.5 Å². The molecule has 0 aliphatic carbocycles. The van der Waals surface area contributed by atoms with Crippen LogP contribution in [0.5, 0.6) is 0 Å². The SMILES string of the molecule is Cc1ccnc(C)c1C(=O)N(CCCO)Cc1cc(C(F)(F)F)cc(C(F)(F)F)c1. The molecule has 2 aromatic rings. The fourth-order valence-corrected chi connectivity index (χ4v) is 3.02. The molecule has 0 radical (unpaired) electrons. The number of alkyl halides is 6. The van der Waals surface area contributed by atoms with Crippen molar-refractivity contribution in [3.8, 4) is 0 Å². The highest BCUT2D eigenvalue weighted by Gasteiger charge is 2.37. The number of amides is 1. The Hall–Kier alpha value is -2.62. The van der Waals surface area contributed by atoms with Gasteiger partial charge in [0, 0.05) is 25.9 Å². The smallest absolute Gasteiger partial charge is 0.396 e. The Kier molecular flexibility index (Phi) is 7.12. The van der Waals surface area contributed by atoms with Crippen LogP contribution in [0.2, 0.25) is 0 Å². The van der Waals surface area contributed by atoms with Gasteiger partial charge in [-0.25, -0.2) is 0 Å². The van der Waals surface area contributed by atoms with Gasteiger partial charge in [0.25, 0.3) is 5.91 Å². The van der Waals surface area contributed by atoms with E-state index in [0.29, 0.717) is 23.4 Å². The average Bonchev–Trinajstić information content (AvgIpc) is 2.63. The third kappa shape index (κ3) is 5.71. The van der Waals surface area contributed by atoms with E-state index in [1.165, 1.54) is 6.20 Å². The average molecular weight is 434 g/mol. The molecule has 1 aromatic heterocycles. The maximum atomic E-state index is 13.1. The number of hydrogen-bond acceptors (Lipinski definition) is 3. The molecule has 0 unspecified atom stereocenters. The molecular weight excluding hydrogens is 414 g/mol. The first-order valence-electron chi connectivity index (χ1n) is 8.95. The Labute approximate surface area is 169 Å². The third-order valence-electron chi connectivity index (χ3n) is 4.46. The van der Waals surface area contributed by atoms with Crippen LogP contribution in [-0.4, -0.2) is 34.0 Å². The number of carbonyl (C=O) groups is 1. The topological polar surface area (TPSA) is 53.4 Å². The standard InChI is InChI=1S/C20H20F6N2O2/c1-12-4-5-27-13(2)17(12)18(30)28(6-3-7-29)11-14-8-15(19(21,22)23)10-16(9-14)20(24,25)26/h4-5,8-10,29H,3,6-7,11H2,1-2H3. The Bertz CT molecular complexity index is 857. The van der Waals surface area contributed by atoms with Crippen molar-refractivity contribution < 1.29 is 36.2 Å². The monoisotopic (exact) mass is 434 g/mol. The number of aliphatic hydroxyl groups excluding tert-OH is 1. The van der Waals surface area contributed by atoms with Crippen molar-refractivity contribution in [2.24, 2.45) is 0 Å². The molecular formula is C20H20F6N2O2. The number of aromatic nitrogens is 1. The Morgan fingerprint density at radius 3 is 2.07 bits per heavy atom. The molecule has 0 saturated heterocycles. The van der Waals surface area contributed by atoms with Crippen molar-refractivity contribution in [2.45, 2.75) is 39.2 Å².